The quantitative estimate of drug-likeness (QED) is 0.452. The summed E-state index contributed by atoms with van der Waals surface area (Å²) in [5, 5.41) is 0. The van der Waals surface area contributed by atoms with Gasteiger partial charge in [0.25, 0.3) is 26.6 Å². The van der Waals surface area contributed by atoms with Crippen molar-refractivity contribution >= 4 is 20.2 Å². The lowest BCUT2D eigenvalue weighted by Crippen LogP contribution is -2.31. The van der Waals surface area contributed by atoms with Crippen LogP contribution in [0.5, 0.6) is 0 Å². The van der Waals surface area contributed by atoms with Crippen LogP contribution in [0.2, 0.25) is 0 Å². The van der Waals surface area contributed by atoms with Crippen molar-refractivity contribution in [1.29, 1.82) is 0 Å². The Hall–Kier alpha value is -2.53. The molecule has 0 fully saturated rings. The molecular formula is C21H25N2O6S2+. The molecule has 2 aromatic carbocycles. The molecule has 3 aromatic rings. The first-order valence-electron chi connectivity index (χ1n) is 9.41. The molecule has 1 heterocycles. The minimum atomic E-state index is -4.41. The molecule has 0 aliphatic rings. The SMILES string of the molecule is Cc1cc(C)c(S(=O)(=O)O)c(C)c1-n1cc[n+](-c2c(C)cc(C)c(S(=O)(=O)O)c2C)c1. The second-order valence-electron chi connectivity index (χ2n) is 7.80. The molecule has 0 aliphatic carbocycles. The fourth-order valence-corrected chi connectivity index (χ4v) is 6.42. The van der Waals surface area contributed by atoms with E-state index in [1.807, 2.05) is 13.8 Å². The molecule has 166 valence electrons. The standard InChI is InChI=1S/C21H24N2O6S2/c1-12-9-14(3)20(30(24,25)26)16(5)18(12)22-7-8-23(11-22)19-13(2)10-15(4)21(17(19)6)31(27,28)29/h7-11H,1-6H3,(H-,24,25,26,27,28,29)/p+1. The molecule has 0 aliphatic heterocycles. The van der Waals surface area contributed by atoms with E-state index in [-0.39, 0.29) is 9.79 Å². The maximum Gasteiger partial charge on any atom is 0.295 e. The van der Waals surface area contributed by atoms with Gasteiger partial charge < -0.3 is 0 Å². The van der Waals surface area contributed by atoms with Crippen LogP contribution in [-0.4, -0.2) is 30.5 Å². The van der Waals surface area contributed by atoms with Gasteiger partial charge in [-0.1, -0.05) is 12.1 Å². The summed E-state index contributed by atoms with van der Waals surface area (Å²) in [5.74, 6) is 0. The van der Waals surface area contributed by atoms with E-state index in [2.05, 4.69) is 0 Å². The Bertz CT molecular complexity index is 1330. The summed E-state index contributed by atoms with van der Waals surface area (Å²) in [5.41, 5.74) is 4.50. The molecular weight excluding hydrogens is 440 g/mol. The molecule has 0 radical (unpaired) electrons. The number of hydrogen-bond acceptors (Lipinski definition) is 4. The van der Waals surface area contributed by atoms with Crippen molar-refractivity contribution in [2.24, 2.45) is 0 Å². The van der Waals surface area contributed by atoms with Crippen LogP contribution in [0.4, 0.5) is 0 Å². The predicted octanol–water partition coefficient (Wildman–Crippen LogP) is 3.10. The summed E-state index contributed by atoms with van der Waals surface area (Å²) < 4.78 is 70.4. The van der Waals surface area contributed by atoms with Gasteiger partial charge in [0.1, 0.15) is 33.6 Å². The van der Waals surface area contributed by atoms with E-state index in [0.717, 1.165) is 11.1 Å². The Morgan fingerprint density at radius 3 is 1.74 bits per heavy atom. The summed E-state index contributed by atoms with van der Waals surface area (Å²) in [4.78, 5) is -0.269. The number of nitrogens with zero attached hydrogens (tertiary/aromatic N) is 2. The maximum atomic E-state index is 11.9. The Morgan fingerprint density at radius 2 is 1.23 bits per heavy atom. The molecule has 0 atom stereocenters. The fraction of sp³-hybridized carbons (Fsp3) is 0.286. The van der Waals surface area contributed by atoms with Crippen LogP contribution in [-0.2, 0) is 20.2 Å². The average molecular weight is 466 g/mol. The zero-order valence-corrected chi connectivity index (χ0v) is 19.8. The van der Waals surface area contributed by atoms with Crippen molar-refractivity contribution in [3.05, 3.63) is 64.2 Å². The van der Waals surface area contributed by atoms with Gasteiger partial charge in [0.2, 0.25) is 0 Å². The van der Waals surface area contributed by atoms with Crippen molar-refractivity contribution in [3.63, 3.8) is 0 Å². The number of benzene rings is 2. The molecule has 2 N–H and O–H groups in total. The number of aryl methyl sites for hydroxylation is 4. The van der Waals surface area contributed by atoms with Crippen LogP contribution < -0.4 is 4.57 Å². The van der Waals surface area contributed by atoms with Gasteiger partial charge in [-0.25, -0.2) is 9.13 Å². The molecule has 10 heteroatoms. The third kappa shape index (κ3) is 4.03. The summed E-state index contributed by atoms with van der Waals surface area (Å²) in [7, 11) is -8.82. The van der Waals surface area contributed by atoms with Crippen molar-refractivity contribution in [2.75, 3.05) is 0 Å². The van der Waals surface area contributed by atoms with Crippen LogP contribution >= 0.6 is 0 Å². The maximum absolute atomic E-state index is 11.9. The van der Waals surface area contributed by atoms with E-state index in [0.29, 0.717) is 33.6 Å². The minimum absolute atomic E-state index is 0.135. The lowest BCUT2D eigenvalue weighted by Gasteiger charge is -2.13. The smallest absolute Gasteiger partial charge is 0.282 e. The summed E-state index contributed by atoms with van der Waals surface area (Å²) >= 11 is 0. The van der Waals surface area contributed by atoms with Crippen LogP contribution in [0.25, 0.3) is 11.4 Å². The summed E-state index contributed by atoms with van der Waals surface area (Å²) in [6.07, 6.45) is 5.12. The van der Waals surface area contributed by atoms with E-state index in [1.54, 1.807) is 67.7 Å². The van der Waals surface area contributed by atoms with E-state index < -0.39 is 20.2 Å². The molecule has 3 rings (SSSR count). The molecule has 0 saturated heterocycles. The van der Waals surface area contributed by atoms with Crippen LogP contribution in [0.3, 0.4) is 0 Å². The Labute approximate surface area is 182 Å². The zero-order chi connectivity index (χ0) is 23.5. The number of hydrogen-bond donors (Lipinski definition) is 2. The molecule has 31 heavy (non-hydrogen) atoms. The van der Waals surface area contributed by atoms with Crippen molar-refractivity contribution in [1.82, 2.24) is 4.57 Å². The topological polar surface area (TPSA) is 118 Å². The highest BCUT2D eigenvalue weighted by Crippen LogP contribution is 2.30. The fourth-order valence-electron chi connectivity index (χ4n) is 4.52. The minimum Gasteiger partial charge on any atom is -0.282 e. The van der Waals surface area contributed by atoms with Gasteiger partial charge in [0.05, 0.1) is 0 Å². The van der Waals surface area contributed by atoms with E-state index in [4.69, 9.17) is 0 Å². The molecule has 8 nitrogen and oxygen atoms in total. The zero-order valence-electron chi connectivity index (χ0n) is 18.1. The molecule has 0 amide bonds. The molecule has 0 unspecified atom stereocenters. The normalized spacial score (nSPS) is 12.4. The second-order valence-corrected chi connectivity index (χ2v) is 10.5. The van der Waals surface area contributed by atoms with Crippen LogP contribution in [0.15, 0.2) is 40.6 Å². The summed E-state index contributed by atoms with van der Waals surface area (Å²) in [6, 6.07) is 3.38. The van der Waals surface area contributed by atoms with Gasteiger partial charge in [-0.2, -0.15) is 16.8 Å². The van der Waals surface area contributed by atoms with Gasteiger partial charge in [-0.05, 0) is 63.8 Å². The highest BCUT2D eigenvalue weighted by atomic mass is 32.2. The van der Waals surface area contributed by atoms with Gasteiger partial charge in [0, 0.05) is 11.1 Å². The first-order chi connectivity index (χ1) is 14.1. The Kier molecular flexibility index (Phi) is 5.64. The Balaban J connectivity index is 2.28. The first-order valence-corrected chi connectivity index (χ1v) is 12.3. The van der Waals surface area contributed by atoms with E-state index in [9.17, 15) is 25.9 Å². The van der Waals surface area contributed by atoms with Gasteiger partial charge in [-0.15, -0.1) is 0 Å². The van der Waals surface area contributed by atoms with Gasteiger partial charge >= 0.3 is 0 Å². The highest BCUT2D eigenvalue weighted by Gasteiger charge is 2.26. The van der Waals surface area contributed by atoms with Crippen molar-refractivity contribution < 1.29 is 30.5 Å². The molecule has 0 bridgehead atoms. The van der Waals surface area contributed by atoms with Gasteiger partial charge in [-0.3, -0.25) is 9.11 Å². The third-order valence-electron chi connectivity index (χ3n) is 5.39. The molecule has 0 saturated carbocycles. The third-order valence-corrected chi connectivity index (χ3v) is 7.68. The number of rotatable bonds is 4. The Morgan fingerprint density at radius 1 is 0.742 bits per heavy atom. The lowest BCUT2D eigenvalue weighted by atomic mass is 10.0. The van der Waals surface area contributed by atoms with Gasteiger partial charge in [0.15, 0.2) is 0 Å². The van der Waals surface area contributed by atoms with E-state index >= 15 is 0 Å². The largest absolute Gasteiger partial charge is 0.295 e. The molecule has 0 spiro atoms. The summed E-state index contributed by atoms with van der Waals surface area (Å²) in [6.45, 7) is 10.2. The van der Waals surface area contributed by atoms with Crippen LogP contribution in [0, 0.1) is 41.5 Å². The molecule has 1 aromatic heterocycles. The highest BCUT2D eigenvalue weighted by molar-refractivity contribution is 7.86. The van der Waals surface area contributed by atoms with Crippen molar-refractivity contribution in [3.8, 4) is 11.4 Å². The second kappa shape index (κ2) is 7.56. The van der Waals surface area contributed by atoms with Crippen LogP contribution in [0.1, 0.15) is 33.4 Å². The number of imidazole rings is 1. The predicted molar refractivity (Wildman–Crippen MR) is 115 cm³/mol. The van der Waals surface area contributed by atoms with Crippen molar-refractivity contribution in [2.45, 2.75) is 51.3 Å². The number of aromatic nitrogens is 2. The lowest BCUT2D eigenvalue weighted by molar-refractivity contribution is -0.595. The van der Waals surface area contributed by atoms with E-state index in [1.165, 1.54) is 0 Å². The first kappa shape index (κ1) is 23.1. The average Bonchev–Trinajstić information content (AvgIpc) is 2.99. The monoisotopic (exact) mass is 465 g/mol.